The Labute approximate surface area is 127 Å². The van der Waals surface area contributed by atoms with E-state index in [1.165, 1.54) is 28.4 Å². The summed E-state index contributed by atoms with van der Waals surface area (Å²) in [6, 6.07) is 0. The number of methoxy groups -OCH3 is 1. The van der Waals surface area contributed by atoms with Gasteiger partial charge in [-0.1, -0.05) is 26.7 Å². The zero-order valence-electron chi connectivity index (χ0n) is 13.3. The molecule has 0 spiro atoms. The molecule has 1 N–H and O–H groups in total. The molecule has 2 atom stereocenters. The fraction of sp³-hybridized carbons (Fsp3) is 0.812. The summed E-state index contributed by atoms with van der Waals surface area (Å²) in [5, 5.41) is 4.48. The first-order valence-electron chi connectivity index (χ1n) is 7.84. The van der Waals surface area contributed by atoms with Crippen LogP contribution < -0.4 is 5.32 Å². The van der Waals surface area contributed by atoms with Gasteiger partial charge in [0, 0.05) is 18.5 Å². The minimum absolute atomic E-state index is 0.128. The van der Waals surface area contributed by atoms with Gasteiger partial charge in [0.2, 0.25) is 0 Å². The third kappa shape index (κ3) is 3.23. The number of aryl methyl sites for hydroxylation is 1. The summed E-state index contributed by atoms with van der Waals surface area (Å²) in [6.07, 6.45) is 7.02. The molecule has 1 aromatic rings. The molecule has 2 unspecified atom stereocenters. The van der Waals surface area contributed by atoms with E-state index in [2.05, 4.69) is 19.2 Å². The summed E-state index contributed by atoms with van der Waals surface area (Å²) < 4.78 is 5.99. The molecule has 0 aliphatic heterocycles. The van der Waals surface area contributed by atoms with Crippen LogP contribution >= 0.6 is 11.3 Å². The van der Waals surface area contributed by atoms with E-state index in [0.29, 0.717) is 0 Å². The first-order valence-corrected chi connectivity index (χ1v) is 8.65. The van der Waals surface area contributed by atoms with Crippen molar-refractivity contribution in [3.05, 3.63) is 15.6 Å². The average molecular weight is 296 g/mol. The highest BCUT2D eigenvalue weighted by molar-refractivity contribution is 7.11. The van der Waals surface area contributed by atoms with Crippen molar-refractivity contribution in [2.75, 3.05) is 14.2 Å². The maximum atomic E-state index is 5.99. The van der Waals surface area contributed by atoms with Gasteiger partial charge in [-0.05, 0) is 38.6 Å². The first-order chi connectivity index (χ1) is 9.65. The molecule has 1 aliphatic carbocycles. The molecule has 1 aliphatic rings. The fourth-order valence-corrected chi connectivity index (χ4v) is 4.61. The van der Waals surface area contributed by atoms with E-state index in [0.717, 1.165) is 38.1 Å². The van der Waals surface area contributed by atoms with Crippen molar-refractivity contribution in [2.45, 2.75) is 64.5 Å². The number of nitrogens with zero attached hydrogens (tertiary/aromatic N) is 1. The standard InChI is InChI=1S/C16H28N2OS/c1-5-7-13-14(11-17-3)20-15(18-13)16(19-4)9-6-8-12(2)10-16/h12,17H,5-11H2,1-4H3. The molecule has 0 aromatic carbocycles. The normalized spacial score (nSPS) is 26.9. The van der Waals surface area contributed by atoms with Crippen molar-refractivity contribution < 1.29 is 4.74 Å². The van der Waals surface area contributed by atoms with Crippen molar-refractivity contribution in [1.29, 1.82) is 0 Å². The number of hydrogen-bond donors (Lipinski definition) is 1. The van der Waals surface area contributed by atoms with Crippen molar-refractivity contribution in [3.63, 3.8) is 0 Å². The van der Waals surface area contributed by atoms with Crippen molar-refractivity contribution in [2.24, 2.45) is 5.92 Å². The molecule has 1 fully saturated rings. The van der Waals surface area contributed by atoms with Crippen LogP contribution in [0, 0.1) is 5.92 Å². The third-order valence-electron chi connectivity index (χ3n) is 4.34. The van der Waals surface area contributed by atoms with Crippen LogP contribution in [0.4, 0.5) is 0 Å². The summed E-state index contributed by atoms with van der Waals surface area (Å²) in [5.74, 6) is 0.731. The molecule has 1 saturated carbocycles. The molecule has 114 valence electrons. The van der Waals surface area contributed by atoms with E-state index in [1.54, 1.807) is 0 Å². The highest BCUT2D eigenvalue weighted by atomic mass is 32.1. The number of ether oxygens (including phenoxy) is 1. The van der Waals surface area contributed by atoms with Gasteiger partial charge in [-0.25, -0.2) is 4.98 Å². The summed E-state index contributed by atoms with van der Waals surface area (Å²) in [7, 11) is 3.86. The van der Waals surface area contributed by atoms with Crippen LogP contribution in [-0.4, -0.2) is 19.1 Å². The minimum Gasteiger partial charge on any atom is -0.371 e. The van der Waals surface area contributed by atoms with Gasteiger partial charge in [0.25, 0.3) is 0 Å². The molecule has 0 radical (unpaired) electrons. The molecule has 1 aromatic heterocycles. The Kier molecular flexibility index (Phi) is 5.58. The Morgan fingerprint density at radius 3 is 2.90 bits per heavy atom. The van der Waals surface area contributed by atoms with Crippen LogP contribution in [0.1, 0.15) is 61.5 Å². The van der Waals surface area contributed by atoms with E-state index < -0.39 is 0 Å². The zero-order valence-corrected chi connectivity index (χ0v) is 14.1. The third-order valence-corrected chi connectivity index (χ3v) is 5.62. The molecular weight excluding hydrogens is 268 g/mol. The quantitative estimate of drug-likeness (QED) is 0.865. The molecule has 4 heteroatoms. The van der Waals surface area contributed by atoms with Crippen LogP contribution in [0.15, 0.2) is 0 Å². The fourth-order valence-electron chi connectivity index (χ4n) is 3.28. The van der Waals surface area contributed by atoms with Gasteiger partial charge in [0.1, 0.15) is 10.6 Å². The Morgan fingerprint density at radius 2 is 2.30 bits per heavy atom. The number of nitrogens with one attached hydrogen (secondary N) is 1. The molecular formula is C16H28N2OS. The van der Waals surface area contributed by atoms with E-state index in [-0.39, 0.29) is 5.60 Å². The van der Waals surface area contributed by atoms with Gasteiger partial charge in [-0.15, -0.1) is 11.3 Å². The summed E-state index contributed by atoms with van der Waals surface area (Å²) in [6.45, 7) is 5.47. The van der Waals surface area contributed by atoms with E-state index in [4.69, 9.17) is 9.72 Å². The number of rotatable bonds is 6. The Hall–Kier alpha value is -0.450. The number of aromatic nitrogens is 1. The maximum absolute atomic E-state index is 5.99. The van der Waals surface area contributed by atoms with Crippen LogP contribution in [-0.2, 0) is 23.3 Å². The van der Waals surface area contributed by atoms with Gasteiger partial charge < -0.3 is 10.1 Å². The largest absolute Gasteiger partial charge is 0.371 e. The lowest BCUT2D eigenvalue weighted by atomic mass is 9.79. The Morgan fingerprint density at radius 1 is 1.50 bits per heavy atom. The van der Waals surface area contributed by atoms with E-state index in [1.807, 2.05) is 25.5 Å². The molecule has 20 heavy (non-hydrogen) atoms. The maximum Gasteiger partial charge on any atom is 0.125 e. The monoisotopic (exact) mass is 296 g/mol. The van der Waals surface area contributed by atoms with Crippen molar-refractivity contribution in [3.8, 4) is 0 Å². The van der Waals surface area contributed by atoms with Gasteiger partial charge in [-0.3, -0.25) is 0 Å². The first kappa shape index (κ1) is 15.9. The lowest BCUT2D eigenvalue weighted by Crippen LogP contribution is -2.34. The molecule has 0 amide bonds. The van der Waals surface area contributed by atoms with Crippen LogP contribution in [0.25, 0.3) is 0 Å². The molecule has 1 heterocycles. The van der Waals surface area contributed by atoms with Crippen LogP contribution in [0.2, 0.25) is 0 Å². The lowest BCUT2D eigenvalue weighted by molar-refractivity contribution is -0.0581. The van der Waals surface area contributed by atoms with Crippen LogP contribution in [0.3, 0.4) is 0 Å². The highest BCUT2D eigenvalue weighted by Gasteiger charge is 2.39. The summed E-state index contributed by atoms with van der Waals surface area (Å²) in [4.78, 5) is 6.36. The zero-order chi connectivity index (χ0) is 14.6. The van der Waals surface area contributed by atoms with Gasteiger partial charge in [0.15, 0.2) is 0 Å². The second-order valence-electron chi connectivity index (χ2n) is 6.07. The molecule has 0 bridgehead atoms. The minimum atomic E-state index is -0.128. The lowest BCUT2D eigenvalue weighted by Gasteiger charge is -2.37. The second-order valence-corrected chi connectivity index (χ2v) is 7.15. The predicted octanol–water partition coefficient (Wildman–Crippen LogP) is 3.87. The van der Waals surface area contributed by atoms with Gasteiger partial charge >= 0.3 is 0 Å². The molecule has 3 nitrogen and oxygen atoms in total. The topological polar surface area (TPSA) is 34.1 Å². The smallest absolute Gasteiger partial charge is 0.125 e. The van der Waals surface area contributed by atoms with Crippen molar-refractivity contribution in [1.82, 2.24) is 10.3 Å². The average Bonchev–Trinajstić information content (AvgIpc) is 2.83. The van der Waals surface area contributed by atoms with Gasteiger partial charge in [-0.2, -0.15) is 0 Å². The molecule has 0 saturated heterocycles. The van der Waals surface area contributed by atoms with Crippen molar-refractivity contribution >= 4 is 11.3 Å². The predicted molar refractivity (Wildman–Crippen MR) is 85.2 cm³/mol. The number of thiazole rings is 1. The number of hydrogen-bond acceptors (Lipinski definition) is 4. The summed E-state index contributed by atoms with van der Waals surface area (Å²) in [5.41, 5.74) is 1.15. The van der Waals surface area contributed by atoms with E-state index >= 15 is 0 Å². The second kappa shape index (κ2) is 7.01. The van der Waals surface area contributed by atoms with Crippen LogP contribution in [0.5, 0.6) is 0 Å². The molecule has 2 rings (SSSR count). The van der Waals surface area contributed by atoms with Gasteiger partial charge in [0.05, 0.1) is 5.69 Å². The van der Waals surface area contributed by atoms with E-state index in [9.17, 15) is 0 Å². The summed E-state index contributed by atoms with van der Waals surface area (Å²) >= 11 is 1.86. The Bertz CT molecular complexity index is 409. The SMILES string of the molecule is CCCc1nc(C2(OC)CCCC(C)C2)sc1CNC. The Balaban J connectivity index is 2.31. The highest BCUT2D eigenvalue weighted by Crippen LogP contribution is 2.44.